The van der Waals surface area contributed by atoms with Crippen LogP contribution in [-0.2, 0) is 16.0 Å². The van der Waals surface area contributed by atoms with Crippen LogP contribution in [-0.4, -0.2) is 17.1 Å². The van der Waals surface area contributed by atoms with E-state index in [-0.39, 0.29) is 18.0 Å². The number of nitrogens with zero attached hydrogens (tertiary/aromatic N) is 1. The van der Waals surface area contributed by atoms with Crippen molar-refractivity contribution in [2.45, 2.75) is 76.7 Å². The van der Waals surface area contributed by atoms with Crippen LogP contribution in [0.25, 0.3) is 0 Å². The molecule has 0 saturated carbocycles. The van der Waals surface area contributed by atoms with E-state index in [4.69, 9.17) is 9.15 Å². The fourth-order valence-electron chi connectivity index (χ4n) is 3.51. The van der Waals surface area contributed by atoms with Crippen molar-refractivity contribution in [2.24, 2.45) is 0 Å². The summed E-state index contributed by atoms with van der Waals surface area (Å²) in [5.74, 6) is 1.77. The van der Waals surface area contributed by atoms with Gasteiger partial charge in [0.2, 0.25) is 0 Å². The predicted molar refractivity (Wildman–Crippen MR) is 83.6 cm³/mol. The van der Waals surface area contributed by atoms with Gasteiger partial charge in [-0.15, -0.1) is 0 Å². The lowest BCUT2D eigenvalue weighted by Gasteiger charge is -2.22. The summed E-state index contributed by atoms with van der Waals surface area (Å²) in [6.07, 6.45) is 13.1. The molecule has 2 atom stereocenters. The minimum Gasteiger partial charge on any atom is -0.462 e. The van der Waals surface area contributed by atoms with Crippen LogP contribution >= 0.6 is 0 Å². The Balaban J connectivity index is 1.56. The van der Waals surface area contributed by atoms with Gasteiger partial charge in [0.25, 0.3) is 0 Å². The van der Waals surface area contributed by atoms with Crippen LogP contribution in [0.4, 0.5) is 0 Å². The van der Waals surface area contributed by atoms with Crippen molar-refractivity contribution in [1.29, 1.82) is 0 Å². The molecule has 0 radical (unpaired) electrons. The highest BCUT2D eigenvalue weighted by Crippen LogP contribution is 2.34. The highest BCUT2D eigenvalue weighted by molar-refractivity contribution is 5.70. The zero-order valence-corrected chi connectivity index (χ0v) is 13.3. The van der Waals surface area contributed by atoms with E-state index < -0.39 is 0 Å². The monoisotopic (exact) mass is 303 g/mol. The fourth-order valence-corrected chi connectivity index (χ4v) is 3.51. The summed E-state index contributed by atoms with van der Waals surface area (Å²) in [5.41, 5.74) is 0.987. The van der Waals surface area contributed by atoms with Crippen molar-refractivity contribution in [3.63, 3.8) is 0 Å². The molecule has 0 saturated heterocycles. The molecule has 2 aliphatic rings. The molecular weight excluding hydrogens is 278 g/mol. The Morgan fingerprint density at radius 1 is 1.27 bits per heavy atom. The fraction of sp³-hybridized carbons (Fsp3) is 0.667. The standard InChI is InChI=1S/C18H25NO3/c1-13-19-18-14(8-7-11-16(18)21-13)12-17(20)22-15-9-5-3-2-4-6-10-15/h2-3,14-15H,4-12H2,1H3/b3-2-. The molecule has 2 unspecified atom stereocenters. The Labute approximate surface area is 131 Å². The van der Waals surface area contributed by atoms with E-state index in [0.29, 0.717) is 12.3 Å². The molecule has 0 spiro atoms. The number of rotatable bonds is 3. The molecule has 0 bridgehead atoms. The third-order valence-electron chi connectivity index (χ3n) is 4.61. The van der Waals surface area contributed by atoms with E-state index in [1.54, 1.807) is 0 Å². The summed E-state index contributed by atoms with van der Waals surface area (Å²) in [6, 6.07) is 0. The second kappa shape index (κ2) is 7.12. The van der Waals surface area contributed by atoms with Gasteiger partial charge in [-0.25, -0.2) is 4.98 Å². The largest absolute Gasteiger partial charge is 0.462 e. The zero-order valence-electron chi connectivity index (χ0n) is 13.3. The number of oxazole rings is 1. The molecule has 0 fully saturated rings. The van der Waals surface area contributed by atoms with Gasteiger partial charge < -0.3 is 9.15 Å². The summed E-state index contributed by atoms with van der Waals surface area (Å²) in [5, 5.41) is 0. The van der Waals surface area contributed by atoms with E-state index in [1.165, 1.54) is 0 Å². The van der Waals surface area contributed by atoms with Crippen LogP contribution in [0.5, 0.6) is 0 Å². The first-order valence-electron chi connectivity index (χ1n) is 8.53. The van der Waals surface area contributed by atoms with Gasteiger partial charge in [-0.3, -0.25) is 4.79 Å². The van der Waals surface area contributed by atoms with Crippen molar-refractivity contribution in [3.8, 4) is 0 Å². The molecule has 4 nitrogen and oxygen atoms in total. The molecule has 2 aliphatic carbocycles. The number of allylic oxidation sites excluding steroid dienone is 2. The van der Waals surface area contributed by atoms with E-state index >= 15 is 0 Å². The van der Waals surface area contributed by atoms with E-state index in [9.17, 15) is 4.79 Å². The number of aromatic nitrogens is 1. The van der Waals surface area contributed by atoms with Gasteiger partial charge in [-0.2, -0.15) is 0 Å². The van der Waals surface area contributed by atoms with Gasteiger partial charge in [-0.1, -0.05) is 12.2 Å². The smallest absolute Gasteiger partial charge is 0.306 e. The van der Waals surface area contributed by atoms with Gasteiger partial charge in [0.05, 0.1) is 12.1 Å². The average Bonchev–Trinajstić information content (AvgIpc) is 2.83. The van der Waals surface area contributed by atoms with Crippen LogP contribution < -0.4 is 0 Å². The topological polar surface area (TPSA) is 52.3 Å². The molecule has 4 heteroatoms. The number of aryl methyl sites for hydroxylation is 2. The Hall–Kier alpha value is -1.58. The maximum atomic E-state index is 12.3. The minimum absolute atomic E-state index is 0.0759. The van der Waals surface area contributed by atoms with Gasteiger partial charge in [0.15, 0.2) is 5.89 Å². The molecule has 1 aromatic rings. The first kappa shape index (κ1) is 15.3. The number of carbonyl (C=O) groups excluding carboxylic acids is 1. The van der Waals surface area contributed by atoms with Crippen LogP contribution in [0.15, 0.2) is 16.6 Å². The number of ether oxygens (including phenoxy) is 1. The van der Waals surface area contributed by atoms with Gasteiger partial charge in [0, 0.05) is 19.3 Å². The molecule has 1 heterocycles. The van der Waals surface area contributed by atoms with E-state index in [1.807, 2.05) is 6.92 Å². The van der Waals surface area contributed by atoms with Crippen molar-refractivity contribution in [1.82, 2.24) is 4.98 Å². The number of hydrogen-bond acceptors (Lipinski definition) is 4. The zero-order chi connectivity index (χ0) is 15.4. The van der Waals surface area contributed by atoms with Crippen LogP contribution in [0.1, 0.15) is 74.6 Å². The summed E-state index contributed by atoms with van der Waals surface area (Å²) in [4.78, 5) is 16.8. The lowest BCUT2D eigenvalue weighted by atomic mass is 9.88. The maximum Gasteiger partial charge on any atom is 0.306 e. The van der Waals surface area contributed by atoms with E-state index in [2.05, 4.69) is 17.1 Å². The maximum absolute atomic E-state index is 12.3. The number of fused-ring (bicyclic) bond motifs is 1. The lowest BCUT2D eigenvalue weighted by molar-refractivity contribution is -0.150. The SMILES string of the molecule is Cc1nc2c(o1)CCCC2CC(=O)OC1CC/C=C\CCC1. The molecule has 3 rings (SSSR count). The Morgan fingerprint density at radius 3 is 3.05 bits per heavy atom. The second-order valence-electron chi connectivity index (χ2n) is 6.43. The van der Waals surface area contributed by atoms with Crippen molar-refractivity contribution in [3.05, 3.63) is 29.5 Å². The van der Waals surface area contributed by atoms with Crippen molar-refractivity contribution >= 4 is 5.97 Å². The summed E-state index contributed by atoms with van der Waals surface area (Å²) in [7, 11) is 0. The van der Waals surface area contributed by atoms with E-state index in [0.717, 1.165) is 62.8 Å². The predicted octanol–water partition coefficient (Wildman–Crippen LogP) is 4.23. The molecule has 0 aromatic carbocycles. The van der Waals surface area contributed by atoms with Gasteiger partial charge in [-0.05, 0) is 44.9 Å². The van der Waals surface area contributed by atoms with Crippen molar-refractivity contribution in [2.75, 3.05) is 0 Å². The first-order valence-corrected chi connectivity index (χ1v) is 8.53. The Morgan fingerprint density at radius 2 is 2.14 bits per heavy atom. The lowest BCUT2D eigenvalue weighted by Crippen LogP contribution is -2.21. The Kier molecular flexibility index (Phi) is 4.96. The summed E-state index contributed by atoms with van der Waals surface area (Å²) in [6.45, 7) is 1.87. The highest BCUT2D eigenvalue weighted by atomic mass is 16.5. The third-order valence-corrected chi connectivity index (χ3v) is 4.61. The molecule has 0 amide bonds. The second-order valence-corrected chi connectivity index (χ2v) is 6.43. The van der Waals surface area contributed by atoms with Crippen LogP contribution in [0.3, 0.4) is 0 Å². The normalized spacial score (nSPS) is 26.6. The first-order chi connectivity index (χ1) is 10.7. The minimum atomic E-state index is -0.0759. The third kappa shape index (κ3) is 3.79. The van der Waals surface area contributed by atoms with Gasteiger partial charge >= 0.3 is 5.97 Å². The quantitative estimate of drug-likeness (QED) is 0.619. The molecule has 120 valence electrons. The Bertz CT molecular complexity index is 547. The van der Waals surface area contributed by atoms with Crippen LogP contribution in [0.2, 0.25) is 0 Å². The van der Waals surface area contributed by atoms with Crippen molar-refractivity contribution < 1.29 is 13.9 Å². The molecule has 22 heavy (non-hydrogen) atoms. The van der Waals surface area contributed by atoms with Crippen LogP contribution in [0, 0.1) is 6.92 Å². The number of carbonyl (C=O) groups is 1. The molecule has 0 N–H and O–H groups in total. The molecule has 1 aromatic heterocycles. The number of esters is 1. The summed E-state index contributed by atoms with van der Waals surface area (Å²) >= 11 is 0. The highest BCUT2D eigenvalue weighted by Gasteiger charge is 2.28. The number of hydrogen-bond donors (Lipinski definition) is 0. The van der Waals surface area contributed by atoms with Gasteiger partial charge in [0.1, 0.15) is 11.9 Å². The summed E-state index contributed by atoms with van der Waals surface area (Å²) < 4.78 is 11.3. The molecule has 0 aliphatic heterocycles. The average molecular weight is 303 g/mol. The molecular formula is C18H25NO3.